The monoisotopic (exact) mass is 537 g/mol. The van der Waals surface area contributed by atoms with Crippen LogP contribution in [0.2, 0.25) is 0 Å². The van der Waals surface area contributed by atoms with E-state index in [0.29, 0.717) is 19.0 Å². The fraction of sp³-hybridized carbons (Fsp3) is 0.318. The van der Waals surface area contributed by atoms with Gasteiger partial charge in [0.1, 0.15) is 6.61 Å². The minimum absolute atomic E-state index is 0. The number of pyridine rings is 1. The quantitative estimate of drug-likeness (QED) is 0.242. The van der Waals surface area contributed by atoms with E-state index in [4.69, 9.17) is 9.73 Å². The van der Waals surface area contributed by atoms with Crippen LogP contribution < -0.4 is 15.4 Å². The highest BCUT2D eigenvalue weighted by atomic mass is 127. The molecule has 1 aromatic carbocycles. The summed E-state index contributed by atoms with van der Waals surface area (Å²) in [5, 5.41) is 7.79. The van der Waals surface area contributed by atoms with Crippen molar-refractivity contribution in [2.24, 2.45) is 4.99 Å². The van der Waals surface area contributed by atoms with Gasteiger partial charge in [-0.3, -0.25) is 0 Å². The molecule has 6 nitrogen and oxygen atoms in total. The van der Waals surface area contributed by atoms with Crippen molar-refractivity contribution in [1.82, 2.24) is 20.6 Å². The lowest BCUT2D eigenvalue weighted by Gasteiger charge is -2.12. The summed E-state index contributed by atoms with van der Waals surface area (Å²) in [5.74, 6) is 1.40. The number of aryl methyl sites for hydroxylation is 1. The van der Waals surface area contributed by atoms with Crippen molar-refractivity contribution in [1.29, 1.82) is 0 Å². The van der Waals surface area contributed by atoms with Gasteiger partial charge in [-0.15, -0.1) is 35.3 Å². The third-order valence-electron chi connectivity index (χ3n) is 4.12. The van der Waals surface area contributed by atoms with Crippen LogP contribution in [-0.4, -0.2) is 29.0 Å². The Morgan fingerprint density at radius 2 is 1.93 bits per heavy atom. The first-order valence-corrected chi connectivity index (χ1v) is 10.6. The summed E-state index contributed by atoms with van der Waals surface area (Å²) >= 11 is 1.73. The van der Waals surface area contributed by atoms with Gasteiger partial charge in [0.25, 0.3) is 0 Å². The van der Waals surface area contributed by atoms with Gasteiger partial charge in [0.05, 0.1) is 11.6 Å². The third-order valence-corrected chi connectivity index (χ3v) is 5.09. The first-order chi connectivity index (χ1) is 14.2. The highest BCUT2D eigenvalue weighted by Gasteiger charge is 2.06. The molecule has 0 unspecified atom stereocenters. The standard InChI is InChI=1S/C22H27N5OS.HI/c1-3-23-22(25-13-11-20-26-14-17(2)29-20)27-15-19-10-7-12-24-21(19)28-16-18-8-5-4-6-9-18;/h4-10,12,14H,3,11,13,15-16H2,1-2H3,(H2,23,25,27);1H. The van der Waals surface area contributed by atoms with E-state index in [2.05, 4.69) is 34.4 Å². The normalized spacial score (nSPS) is 10.9. The molecule has 8 heteroatoms. The van der Waals surface area contributed by atoms with E-state index >= 15 is 0 Å². The van der Waals surface area contributed by atoms with Crippen LogP contribution >= 0.6 is 35.3 Å². The number of guanidine groups is 1. The van der Waals surface area contributed by atoms with Gasteiger partial charge in [-0.1, -0.05) is 36.4 Å². The van der Waals surface area contributed by atoms with Crippen molar-refractivity contribution in [2.45, 2.75) is 33.4 Å². The van der Waals surface area contributed by atoms with Crippen LogP contribution in [0.5, 0.6) is 5.88 Å². The average Bonchev–Trinajstić information content (AvgIpc) is 3.17. The van der Waals surface area contributed by atoms with Crippen molar-refractivity contribution in [3.63, 3.8) is 0 Å². The zero-order valence-electron chi connectivity index (χ0n) is 17.3. The molecule has 0 amide bonds. The number of nitrogens with zero attached hydrogens (tertiary/aromatic N) is 3. The molecule has 0 radical (unpaired) electrons. The number of hydrogen-bond acceptors (Lipinski definition) is 5. The zero-order chi connectivity index (χ0) is 20.3. The summed E-state index contributed by atoms with van der Waals surface area (Å²) in [6, 6.07) is 14.0. The fourth-order valence-electron chi connectivity index (χ4n) is 2.71. The lowest BCUT2D eigenvalue weighted by Crippen LogP contribution is -2.38. The van der Waals surface area contributed by atoms with Crippen LogP contribution in [0.1, 0.15) is 27.9 Å². The smallest absolute Gasteiger partial charge is 0.218 e. The number of ether oxygens (including phenoxy) is 1. The second kappa shape index (κ2) is 13.2. The summed E-state index contributed by atoms with van der Waals surface area (Å²) in [6.07, 6.45) is 4.53. The molecule has 0 saturated heterocycles. The molecule has 2 N–H and O–H groups in total. The van der Waals surface area contributed by atoms with Gasteiger partial charge in [-0.2, -0.15) is 0 Å². The Morgan fingerprint density at radius 1 is 1.10 bits per heavy atom. The predicted molar refractivity (Wildman–Crippen MR) is 134 cm³/mol. The van der Waals surface area contributed by atoms with Crippen molar-refractivity contribution in [2.75, 3.05) is 13.1 Å². The highest BCUT2D eigenvalue weighted by Crippen LogP contribution is 2.17. The Balaban J connectivity index is 0.00000320. The van der Waals surface area contributed by atoms with Crippen LogP contribution in [0.25, 0.3) is 0 Å². The number of hydrogen-bond donors (Lipinski definition) is 2. The SMILES string of the molecule is CCNC(=NCc1cccnc1OCc1ccccc1)NCCc1ncc(C)s1.I. The maximum Gasteiger partial charge on any atom is 0.218 e. The molecule has 3 rings (SSSR count). The van der Waals surface area contributed by atoms with Crippen LogP contribution in [-0.2, 0) is 19.6 Å². The minimum Gasteiger partial charge on any atom is -0.473 e. The molecule has 0 aliphatic carbocycles. The van der Waals surface area contributed by atoms with E-state index in [1.54, 1.807) is 17.5 Å². The number of aromatic nitrogens is 2. The van der Waals surface area contributed by atoms with Gasteiger partial charge in [0, 0.05) is 42.3 Å². The molecular formula is C22H28IN5OS. The number of benzene rings is 1. The van der Waals surface area contributed by atoms with E-state index in [9.17, 15) is 0 Å². The van der Waals surface area contributed by atoms with Crippen LogP contribution in [0.4, 0.5) is 0 Å². The fourth-order valence-corrected chi connectivity index (χ4v) is 3.50. The lowest BCUT2D eigenvalue weighted by molar-refractivity contribution is 0.290. The summed E-state index contributed by atoms with van der Waals surface area (Å²) in [4.78, 5) is 14.7. The summed E-state index contributed by atoms with van der Waals surface area (Å²) in [6.45, 7) is 6.69. The number of rotatable bonds is 9. The molecule has 0 aliphatic rings. The maximum absolute atomic E-state index is 5.93. The Kier molecular flexibility index (Phi) is 10.6. The highest BCUT2D eigenvalue weighted by molar-refractivity contribution is 14.0. The molecule has 0 spiro atoms. The van der Waals surface area contributed by atoms with E-state index in [-0.39, 0.29) is 24.0 Å². The summed E-state index contributed by atoms with van der Waals surface area (Å²) in [5.41, 5.74) is 2.07. The number of nitrogens with one attached hydrogen (secondary N) is 2. The molecular weight excluding hydrogens is 509 g/mol. The second-order valence-electron chi connectivity index (χ2n) is 6.48. The van der Waals surface area contributed by atoms with Crippen molar-refractivity contribution >= 4 is 41.3 Å². The molecule has 0 atom stereocenters. The average molecular weight is 537 g/mol. The summed E-state index contributed by atoms with van der Waals surface area (Å²) < 4.78 is 5.93. The minimum atomic E-state index is 0. The maximum atomic E-state index is 5.93. The van der Waals surface area contributed by atoms with Crippen molar-refractivity contribution in [3.05, 3.63) is 75.9 Å². The van der Waals surface area contributed by atoms with Crippen LogP contribution in [0.15, 0.2) is 59.9 Å². The van der Waals surface area contributed by atoms with Gasteiger partial charge in [-0.25, -0.2) is 15.0 Å². The predicted octanol–water partition coefficient (Wildman–Crippen LogP) is 4.34. The van der Waals surface area contributed by atoms with Gasteiger partial charge in [-0.05, 0) is 25.5 Å². The first-order valence-electron chi connectivity index (χ1n) is 9.78. The summed E-state index contributed by atoms with van der Waals surface area (Å²) in [7, 11) is 0. The van der Waals surface area contributed by atoms with Crippen LogP contribution in [0.3, 0.4) is 0 Å². The molecule has 0 aliphatic heterocycles. The Bertz CT molecular complexity index is 917. The second-order valence-corrected chi connectivity index (χ2v) is 7.80. The molecule has 0 fully saturated rings. The number of aliphatic imine (C=N–C) groups is 1. The zero-order valence-corrected chi connectivity index (χ0v) is 20.4. The molecule has 2 heterocycles. The van der Waals surface area contributed by atoms with Gasteiger partial charge >= 0.3 is 0 Å². The van der Waals surface area contributed by atoms with E-state index < -0.39 is 0 Å². The number of halogens is 1. The Morgan fingerprint density at radius 3 is 2.67 bits per heavy atom. The molecule has 2 aromatic heterocycles. The molecule has 0 bridgehead atoms. The van der Waals surface area contributed by atoms with Gasteiger partial charge < -0.3 is 15.4 Å². The third kappa shape index (κ3) is 7.91. The molecule has 0 saturated carbocycles. The lowest BCUT2D eigenvalue weighted by atomic mass is 10.2. The van der Waals surface area contributed by atoms with E-state index in [1.165, 1.54) is 4.88 Å². The molecule has 160 valence electrons. The van der Waals surface area contributed by atoms with Crippen LogP contribution in [0, 0.1) is 6.92 Å². The molecule has 30 heavy (non-hydrogen) atoms. The Labute approximate surface area is 199 Å². The van der Waals surface area contributed by atoms with Crippen molar-refractivity contribution < 1.29 is 4.74 Å². The Hall–Kier alpha value is -2.20. The van der Waals surface area contributed by atoms with Gasteiger partial charge in [0.15, 0.2) is 5.96 Å². The number of thiazole rings is 1. The van der Waals surface area contributed by atoms with Crippen molar-refractivity contribution in [3.8, 4) is 5.88 Å². The largest absolute Gasteiger partial charge is 0.473 e. The first kappa shape index (κ1) is 24.1. The van der Waals surface area contributed by atoms with E-state index in [0.717, 1.165) is 41.6 Å². The molecule has 3 aromatic rings. The topological polar surface area (TPSA) is 71.4 Å². The van der Waals surface area contributed by atoms with E-state index in [1.807, 2.05) is 48.7 Å². The van der Waals surface area contributed by atoms with Gasteiger partial charge in [0.2, 0.25) is 5.88 Å².